The van der Waals surface area contributed by atoms with Crippen molar-refractivity contribution in [2.24, 2.45) is 5.92 Å². The van der Waals surface area contributed by atoms with Crippen molar-refractivity contribution in [1.29, 1.82) is 0 Å². The van der Waals surface area contributed by atoms with Crippen LogP contribution in [0.4, 0.5) is 19.0 Å². The summed E-state index contributed by atoms with van der Waals surface area (Å²) in [6.07, 6.45) is -0.195. The van der Waals surface area contributed by atoms with Gasteiger partial charge in [-0.2, -0.15) is 13.2 Å². The fourth-order valence-corrected chi connectivity index (χ4v) is 11.3. The maximum atomic E-state index is 14.9. The number of alkyl halides is 3. The van der Waals surface area contributed by atoms with E-state index in [1.54, 1.807) is 85.9 Å². The number of aliphatic hydroxyl groups excluding tert-OH is 2. The first-order valence-corrected chi connectivity index (χ1v) is 25.9. The number of nitrogen functional groups attached to an aromatic ring is 1. The molecule has 18 nitrogen and oxygen atoms in total. The number of nitrogens with two attached hydrogens (primary N) is 1. The van der Waals surface area contributed by atoms with Crippen LogP contribution in [0.25, 0.3) is 54.7 Å². The summed E-state index contributed by atoms with van der Waals surface area (Å²) in [6, 6.07) is 23.8. The standard InChI is InChI=1S/C56H49F3N10O8S/c1-29(61-53(74)50-51(60)64-68-16-15-41(62-52(50)68)33-19-35-25-67(30(2)31-11-12-31)54(75)49(35)40(21-33)56(57,58)59)43-22-32-7-6-10-39(48(32)55(76)69(43)38-8-4-3-5-9-38)42-26-66(65-63-42)17-18-77-47(73)14-13-44(72)46-23-34-20-36(27-70)37(28-71)24-45(34)78-46/h3-10,15-16,19-24,26,29-31,70-71H,11-14,17-18,25,27-28H2,1-2H3,(H2,60,64)(H,61,74)/t29-,30-/m0/s1. The molecule has 0 unspecified atom stereocenters. The number of pyridine rings is 1. The summed E-state index contributed by atoms with van der Waals surface area (Å²) < 4.78 is 54.5. The van der Waals surface area contributed by atoms with Gasteiger partial charge in [-0.15, -0.1) is 21.5 Å². The smallest absolute Gasteiger partial charge is 0.417 e. The summed E-state index contributed by atoms with van der Waals surface area (Å²) >= 11 is 1.24. The molecule has 398 valence electrons. The van der Waals surface area contributed by atoms with E-state index in [9.17, 15) is 47.4 Å². The highest BCUT2D eigenvalue weighted by Gasteiger charge is 2.45. The van der Waals surface area contributed by atoms with Gasteiger partial charge in [0.15, 0.2) is 17.2 Å². The largest absolute Gasteiger partial charge is 0.464 e. The number of carbonyl (C=O) groups excluding carboxylic acids is 4. The van der Waals surface area contributed by atoms with Crippen LogP contribution in [0.1, 0.15) is 104 Å². The van der Waals surface area contributed by atoms with Crippen molar-refractivity contribution in [3.8, 4) is 28.2 Å². The van der Waals surface area contributed by atoms with Crippen LogP contribution in [0.2, 0.25) is 0 Å². The van der Waals surface area contributed by atoms with Crippen LogP contribution in [-0.4, -0.2) is 85.5 Å². The molecule has 11 rings (SSSR count). The second-order valence-corrected chi connectivity index (χ2v) is 20.6. The number of amides is 2. The highest BCUT2D eigenvalue weighted by atomic mass is 32.1. The zero-order valence-electron chi connectivity index (χ0n) is 42.0. The third kappa shape index (κ3) is 9.66. The number of para-hydroxylation sites is 1. The average molecular weight is 1080 g/mol. The Morgan fingerprint density at radius 2 is 1.68 bits per heavy atom. The van der Waals surface area contributed by atoms with Crippen molar-refractivity contribution in [2.75, 3.05) is 12.3 Å². The topological polar surface area (TPSA) is 242 Å². The number of anilines is 1. The first-order chi connectivity index (χ1) is 37.5. The zero-order valence-corrected chi connectivity index (χ0v) is 42.8. The maximum Gasteiger partial charge on any atom is 0.417 e. The number of aromatic nitrogens is 7. The SMILES string of the molecule is C[C@H](NC(=O)c1c(N)nn2ccc(-c3cc4c(c(C(F)(F)F)c3)C(=O)N([C@@H](C)C3CC3)C4)nc12)c1cc2cccc(-c3cn(CCOC(=O)CCC(=O)c4cc5cc(CO)c(CO)cc5s4)nn3)c2c(=O)n1-c1ccccc1. The van der Waals surface area contributed by atoms with E-state index in [1.807, 2.05) is 6.92 Å². The number of nitrogens with one attached hydrogen (secondary N) is 1. The molecule has 1 aliphatic carbocycles. The molecule has 78 heavy (non-hydrogen) atoms. The van der Waals surface area contributed by atoms with Gasteiger partial charge in [0.2, 0.25) is 0 Å². The molecule has 5 aromatic heterocycles. The molecule has 5 N–H and O–H groups in total. The molecule has 22 heteroatoms. The molecule has 6 heterocycles. The number of Topliss-reactive ketones (excluding diaryl/α,β-unsaturated/α-hetero) is 1. The molecular formula is C56H49F3N10O8S. The van der Waals surface area contributed by atoms with Crippen molar-refractivity contribution in [3.05, 3.63) is 158 Å². The summed E-state index contributed by atoms with van der Waals surface area (Å²) in [4.78, 5) is 75.1. The van der Waals surface area contributed by atoms with Gasteiger partial charge in [-0.1, -0.05) is 41.6 Å². The lowest BCUT2D eigenvalue weighted by molar-refractivity contribution is -0.144. The Hall–Kier alpha value is -8.60. The minimum atomic E-state index is -4.84. The molecular weight excluding hydrogens is 1030 g/mol. The van der Waals surface area contributed by atoms with Crippen molar-refractivity contribution >= 4 is 67.2 Å². The molecule has 1 fully saturated rings. The van der Waals surface area contributed by atoms with E-state index in [-0.39, 0.29) is 103 Å². The Morgan fingerprint density at radius 1 is 0.910 bits per heavy atom. The maximum absolute atomic E-state index is 14.9. The van der Waals surface area contributed by atoms with Gasteiger partial charge in [0.05, 0.1) is 65.5 Å². The van der Waals surface area contributed by atoms with Crippen molar-refractivity contribution < 1.29 is 47.3 Å². The average Bonchev–Trinajstić information content (AvgIpc) is 3.90. The van der Waals surface area contributed by atoms with Crippen LogP contribution in [0, 0.1) is 5.92 Å². The lowest BCUT2D eigenvalue weighted by Gasteiger charge is -2.24. The van der Waals surface area contributed by atoms with Crippen LogP contribution in [0.15, 0.2) is 108 Å². The number of halogens is 3. The third-order valence-corrected chi connectivity index (χ3v) is 15.6. The summed E-state index contributed by atoms with van der Waals surface area (Å²) in [5.74, 6) is -2.15. The quantitative estimate of drug-likeness (QED) is 0.0497. The molecule has 0 radical (unpaired) electrons. The molecule has 1 aliphatic heterocycles. The van der Waals surface area contributed by atoms with Gasteiger partial charge in [-0.3, -0.25) is 28.5 Å². The second-order valence-electron chi connectivity index (χ2n) is 19.5. The molecule has 1 saturated carbocycles. The van der Waals surface area contributed by atoms with Gasteiger partial charge < -0.3 is 30.9 Å². The van der Waals surface area contributed by atoms with Gasteiger partial charge in [-0.05, 0) is 115 Å². The van der Waals surface area contributed by atoms with Crippen LogP contribution in [-0.2, 0) is 42.0 Å². The van der Waals surface area contributed by atoms with E-state index in [0.717, 1.165) is 29.0 Å². The zero-order chi connectivity index (χ0) is 54.7. The monoisotopic (exact) mass is 1080 g/mol. The van der Waals surface area contributed by atoms with Crippen LogP contribution in [0.5, 0.6) is 0 Å². The van der Waals surface area contributed by atoms with Gasteiger partial charge in [0, 0.05) is 52.4 Å². The Labute approximate surface area is 445 Å². The van der Waals surface area contributed by atoms with Gasteiger partial charge in [-0.25, -0.2) is 14.2 Å². The van der Waals surface area contributed by atoms with E-state index >= 15 is 0 Å². The minimum Gasteiger partial charge on any atom is -0.464 e. The fraction of sp³-hybridized carbons (Fsp3) is 0.268. The minimum absolute atomic E-state index is 0.0243. The molecule has 4 aromatic carbocycles. The number of ketones is 1. The summed E-state index contributed by atoms with van der Waals surface area (Å²) in [6.45, 7) is 3.12. The molecule has 2 aliphatic rings. The molecule has 2 amide bonds. The lowest BCUT2D eigenvalue weighted by atomic mass is 9.97. The van der Waals surface area contributed by atoms with E-state index in [0.29, 0.717) is 49.4 Å². The summed E-state index contributed by atoms with van der Waals surface area (Å²) in [5, 5.41) is 36.6. The van der Waals surface area contributed by atoms with Crippen molar-refractivity contribution in [2.45, 2.75) is 84.1 Å². The molecule has 0 spiro atoms. The van der Waals surface area contributed by atoms with Crippen LogP contribution in [0.3, 0.4) is 0 Å². The number of aliphatic hydroxyl groups is 2. The Kier molecular flexibility index (Phi) is 13.5. The van der Waals surface area contributed by atoms with E-state index in [1.165, 1.54) is 48.3 Å². The number of ether oxygens (including phenoxy) is 1. The first-order valence-electron chi connectivity index (χ1n) is 25.1. The third-order valence-electron chi connectivity index (χ3n) is 14.5. The van der Waals surface area contributed by atoms with Crippen molar-refractivity contribution in [1.82, 2.24) is 44.4 Å². The Balaban J connectivity index is 0.816. The number of hydrogen-bond acceptors (Lipinski definition) is 14. The predicted molar refractivity (Wildman–Crippen MR) is 283 cm³/mol. The normalized spacial score (nSPS) is 14.3. The van der Waals surface area contributed by atoms with Gasteiger partial charge in [0.25, 0.3) is 17.4 Å². The number of thiophene rings is 1. The number of rotatable bonds is 17. The van der Waals surface area contributed by atoms with Crippen LogP contribution < -0.4 is 16.6 Å². The number of benzene rings is 4. The summed E-state index contributed by atoms with van der Waals surface area (Å²) in [7, 11) is 0. The first kappa shape index (κ1) is 51.5. The summed E-state index contributed by atoms with van der Waals surface area (Å²) in [5.41, 5.74) is 7.56. The highest BCUT2D eigenvalue weighted by Crippen LogP contribution is 2.44. The lowest BCUT2D eigenvalue weighted by Crippen LogP contribution is -2.35. The Morgan fingerprint density at radius 3 is 2.42 bits per heavy atom. The predicted octanol–water partition coefficient (Wildman–Crippen LogP) is 8.21. The molecule has 0 bridgehead atoms. The highest BCUT2D eigenvalue weighted by molar-refractivity contribution is 7.20. The van der Waals surface area contributed by atoms with E-state index in [2.05, 4.69) is 25.7 Å². The molecule has 2 atom stereocenters. The number of fused-ring (bicyclic) bond motifs is 4. The number of esters is 1. The number of nitrogens with zero attached hydrogens (tertiary/aromatic N) is 8. The van der Waals surface area contributed by atoms with Crippen LogP contribution >= 0.6 is 11.3 Å². The number of carbonyl (C=O) groups is 4. The van der Waals surface area contributed by atoms with Crippen molar-refractivity contribution in [3.63, 3.8) is 0 Å². The number of hydrogen-bond donors (Lipinski definition) is 4. The van der Waals surface area contributed by atoms with Gasteiger partial charge >= 0.3 is 12.1 Å². The van der Waals surface area contributed by atoms with E-state index < -0.39 is 41.1 Å². The fourth-order valence-electron chi connectivity index (χ4n) is 10.2. The Bertz CT molecular complexity index is 3920. The molecule has 9 aromatic rings. The van der Waals surface area contributed by atoms with E-state index in [4.69, 9.17) is 10.5 Å². The molecule has 0 saturated heterocycles. The second kappa shape index (κ2) is 20.4. The van der Waals surface area contributed by atoms with Gasteiger partial charge in [0.1, 0.15) is 17.9 Å².